The summed E-state index contributed by atoms with van der Waals surface area (Å²) >= 11 is 1.05. The molecule has 1 rings (SSSR count). The molecule has 0 bridgehead atoms. The van der Waals surface area contributed by atoms with Gasteiger partial charge < -0.3 is 5.32 Å². The maximum Gasteiger partial charge on any atom is 0.324 e. The largest absolute Gasteiger partial charge is 0.357 e. The van der Waals surface area contributed by atoms with Crippen LogP contribution in [0.25, 0.3) is 0 Å². The van der Waals surface area contributed by atoms with Gasteiger partial charge in [-0.3, -0.25) is 4.79 Å². The van der Waals surface area contributed by atoms with Crippen molar-refractivity contribution < 1.29 is 0 Å². The van der Waals surface area contributed by atoms with Crippen LogP contribution in [0.2, 0.25) is 0 Å². The van der Waals surface area contributed by atoms with E-state index in [9.17, 15) is 4.79 Å². The number of anilines is 1. The standard InChI is InChI=1S/C5H7N3OS/c1-2-3-6-4-7-8-5(9)10-4/h2H,1,3H2,(H,6,7)(H,8,9). The Morgan fingerprint density at radius 1 is 1.90 bits per heavy atom. The van der Waals surface area contributed by atoms with Crippen LogP contribution in [0.1, 0.15) is 0 Å². The third-order valence-electron chi connectivity index (χ3n) is 0.836. The first-order valence-corrected chi connectivity index (χ1v) is 3.55. The van der Waals surface area contributed by atoms with Crippen LogP contribution >= 0.6 is 11.3 Å². The lowest BCUT2D eigenvalue weighted by Crippen LogP contribution is -1.96. The van der Waals surface area contributed by atoms with Gasteiger partial charge in [0.25, 0.3) is 0 Å². The minimum Gasteiger partial charge on any atom is -0.357 e. The fraction of sp³-hybridized carbons (Fsp3) is 0.200. The van der Waals surface area contributed by atoms with E-state index in [0.29, 0.717) is 11.7 Å². The zero-order valence-electron chi connectivity index (χ0n) is 5.26. The Hall–Kier alpha value is -1.10. The SMILES string of the molecule is C=CCNc1n[nH]c(=O)s1. The molecular formula is C5H7N3OS. The molecule has 0 radical (unpaired) electrons. The predicted molar refractivity (Wildman–Crippen MR) is 41.4 cm³/mol. The quantitative estimate of drug-likeness (QED) is 0.625. The number of hydrogen-bond acceptors (Lipinski definition) is 4. The summed E-state index contributed by atoms with van der Waals surface area (Å²) in [7, 11) is 0. The highest BCUT2D eigenvalue weighted by Gasteiger charge is 1.93. The average Bonchev–Trinajstić information content (AvgIpc) is 2.31. The third-order valence-corrected chi connectivity index (χ3v) is 1.54. The molecule has 0 saturated carbocycles. The molecule has 0 amide bonds. The molecule has 0 aliphatic heterocycles. The molecule has 0 saturated heterocycles. The molecular weight excluding hydrogens is 150 g/mol. The van der Waals surface area contributed by atoms with Gasteiger partial charge in [0.1, 0.15) is 0 Å². The zero-order valence-corrected chi connectivity index (χ0v) is 6.07. The maximum atomic E-state index is 10.5. The second-order valence-electron chi connectivity index (χ2n) is 1.59. The van der Waals surface area contributed by atoms with Crippen LogP contribution in [0.15, 0.2) is 17.4 Å². The second-order valence-corrected chi connectivity index (χ2v) is 2.55. The van der Waals surface area contributed by atoms with Crippen molar-refractivity contribution in [3.63, 3.8) is 0 Å². The molecule has 10 heavy (non-hydrogen) atoms. The summed E-state index contributed by atoms with van der Waals surface area (Å²) in [5.41, 5.74) is 0. The lowest BCUT2D eigenvalue weighted by Gasteiger charge is -1.91. The number of nitrogens with one attached hydrogen (secondary N) is 2. The summed E-state index contributed by atoms with van der Waals surface area (Å²) in [6.45, 7) is 4.13. The smallest absolute Gasteiger partial charge is 0.324 e. The summed E-state index contributed by atoms with van der Waals surface area (Å²) < 4.78 is 0. The van der Waals surface area contributed by atoms with Crippen molar-refractivity contribution in [3.8, 4) is 0 Å². The minimum absolute atomic E-state index is 0.147. The van der Waals surface area contributed by atoms with Gasteiger partial charge in [-0.15, -0.1) is 11.7 Å². The van der Waals surface area contributed by atoms with Crippen molar-refractivity contribution in [3.05, 3.63) is 22.3 Å². The van der Waals surface area contributed by atoms with Crippen molar-refractivity contribution in [1.82, 2.24) is 10.2 Å². The molecule has 0 aromatic carbocycles. The van der Waals surface area contributed by atoms with Gasteiger partial charge in [0.2, 0.25) is 5.13 Å². The Bertz CT molecular complexity index is 264. The normalized spacial score (nSPS) is 9.20. The monoisotopic (exact) mass is 157 g/mol. The fourth-order valence-corrected chi connectivity index (χ4v) is 0.979. The Morgan fingerprint density at radius 3 is 3.20 bits per heavy atom. The van der Waals surface area contributed by atoms with E-state index in [4.69, 9.17) is 0 Å². The van der Waals surface area contributed by atoms with E-state index in [2.05, 4.69) is 22.1 Å². The van der Waals surface area contributed by atoms with Crippen molar-refractivity contribution in [1.29, 1.82) is 0 Å². The Kier molecular flexibility index (Phi) is 2.22. The molecule has 1 aromatic heterocycles. The van der Waals surface area contributed by atoms with Crippen LogP contribution in [0.3, 0.4) is 0 Å². The Balaban J connectivity index is 2.58. The minimum atomic E-state index is -0.147. The molecule has 0 fully saturated rings. The van der Waals surface area contributed by atoms with Gasteiger partial charge in [0.15, 0.2) is 0 Å². The van der Waals surface area contributed by atoms with Crippen LogP contribution < -0.4 is 10.2 Å². The summed E-state index contributed by atoms with van der Waals surface area (Å²) in [5.74, 6) is 0. The first-order chi connectivity index (χ1) is 4.83. The highest BCUT2D eigenvalue weighted by molar-refractivity contribution is 7.12. The number of aromatic nitrogens is 2. The average molecular weight is 157 g/mol. The lowest BCUT2D eigenvalue weighted by atomic mass is 10.6. The topological polar surface area (TPSA) is 57.8 Å². The predicted octanol–water partition coefficient (Wildman–Crippen LogP) is 0.429. The molecule has 0 unspecified atom stereocenters. The molecule has 1 heterocycles. The van der Waals surface area contributed by atoms with E-state index >= 15 is 0 Å². The third kappa shape index (κ3) is 1.70. The highest BCUT2D eigenvalue weighted by atomic mass is 32.1. The van der Waals surface area contributed by atoms with Gasteiger partial charge in [0, 0.05) is 6.54 Å². The van der Waals surface area contributed by atoms with Crippen molar-refractivity contribution in [2.75, 3.05) is 11.9 Å². The van der Waals surface area contributed by atoms with Crippen molar-refractivity contribution >= 4 is 16.5 Å². The van der Waals surface area contributed by atoms with Crippen LogP contribution in [0.5, 0.6) is 0 Å². The van der Waals surface area contributed by atoms with Crippen LogP contribution in [-0.2, 0) is 0 Å². The summed E-state index contributed by atoms with van der Waals surface area (Å²) in [5, 5.41) is 9.44. The molecule has 0 aliphatic carbocycles. The Morgan fingerprint density at radius 2 is 2.70 bits per heavy atom. The van der Waals surface area contributed by atoms with Gasteiger partial charge in [-0.25, -0.2) is 5.10 Å². The molecule has 54 valence electrons. The van der Waals surface area contributed by atoms with E-state index in [1.807, 2.05) is 0 Å². The van der Waals surface area contributed by atoms with Gasteiger partial charge in [-0.1, -0.05) is 6.08 Å². The lowest BCUT2D eigenvalue weighted by molar-refractivity contribution is 1.05. The molecule has 0 aliphatic rings. The zero-order chi connectivity index (χ0) is 7.40. The number of hydrogen-bond donors (Lipinski definition) is 2. The Labute approximate surface area is 61.6 Å². The number of aromatic amines is 1. The first kappa shape index (κ1) is 7.01. The van der Waals surface area contributed by atoms with Gasteiger partial charge >= 0.3 is 4.87 Å². The number of rotatable bonds is 3. The van der Waals surface area contributed by atoms with E-state index in [0.717, 1.165) is 11.3 Å². The van der Waals surface area contributed by atoms with Gasteiger partial charge in [-0.05, 0) is 11.3 Å². The second kappa shape index (κ2) is 3.17. The number of nitrogens with zero attached hydrogens (tertiary/aromatic N) is 1. The first-order valence-electron chi connectivity index (χ1n) is 2.73. The van der Waals surface area contributed by atoms with Crippen LogP contribution in [0, 0.1) is 0 Å². The molecule has 1 aromatic rings. The molecule has 0 spiro atoms. The number of H-pyrrole nitrogens is 1. The molecule has 0 atom stereocenters. The molecule has 5 heteroatoms. The van der Waals surface area contributed by atoms with Crippen LogP contribution in [0.4, 0.5) is 5.13 Å². The summed E-state index contributed by atoms with van der Waals surface area (Å²) in [6, 6.07) is 0. The van der Waals surface area contributed by atoms with E-state index < -0.39 is 0 Å². The summed E-state index contributed by atoms with van der Waals surface area (Å²) in [6.07, 6.45) is 1.70. The summed E-state index contributed by atoms with van der Waals surface area (Å²) in [4.78, 5) is 10.3. The van der Waals surface area contributed by atoms with Crippen molar-refractivity contribution in [2.45, 2.75) is 0 Å². The molecule has 4 nitrogen and oxygen atoms in total. The maximum absolute atomic E-state index is 10.5. The fourth-order valence-electron chi connectivity index (χ4n) is 0.465. The van der Waals surface area contributed by atoms with Gasteiger partial charge in [0.05, 0.1) is 0 Å². The van der Waals surface area contributed by atoms with E-state index in [1.165, 1.54) is 0 Å². The van der Waals surface area contributed by atoms with Crippen LogP contribution in [-0.4, -0.2) is 16.7 Å². The molecule has 2 N–H and O–H groups in total. The van der Waals surface area contributed by atoms with Gasteiger partial charge in [-0.2, -0.15) is 0 Å². The highest BCUT2D eigenvalue weighted by Crippen LogP contribution is 2.01. The van der Waals surface area contributed by atoms with E-state index in [-0.39, 0.29) is 4.87 Å². The van der Waals surface area contributed by atoms with Crippen molar-refractivity contribution in [2.24, 2.45) is 0 Å². The van der Waals surface area contributed by atoms with E-state index in [1.54, 1.807) is 6.08 Å².